The first-order valence-corrected chi connectivity index (χ1v) is 8.48. The Labute approximate surface area is 144 Å². The molecule has 2 aromatic carbocycles. The maximum Gasteiger partial charge on any atom is 0.256 e. The molecule has 0 bridgehead atoms. The van der Waals surface area contributed by atoms with Gasteiger partial charge in [0.05, 0.1) is 24.0 Å². The number of anilines is 1. The van der Waals surface area contributed by atoms with E-state index in [0.29, 0.717) is 18.8 Å². The van der Waals surface area contributed by atoms with Crippen molar-refractivity contribution in [2.45, 2.75) is 30.3 Å². The van der Waals surface area contributed by atoms with E-state index in [2.05, 4.69) is 5.32 Å². The second kappa shape index (κ2) is 7.07. The third-order valence-electron chi connectivity index (χ3n) is 3.82. The lowest BCUT2D eigenvalue weighted by atomic mass is 10.1. The van der Waals surface area contributed by atoms with Crippen LogP contribution in [0.2, 0.25) is 0 Å². The van der Waals surface area contributed by atoms with E-state index >= 15 is 0 Å². The lowest BCUT2D eigenvalue weighted by Crippen LogP contribution is -2.23. The molecule has 1 atom stereocenters. The molecule has 1 aliphatic heterocycles. The van der Waals surface area contributed by atoms with Crippen LogP contribution in [0.4, 0.5) is 5.69 Å². The zero-order valence-electron chi connectivity index (χ0n) is 13.2. The summed E-state index contributed by atoms with van der Waals surface area (Å²) in [5.41, 5.74) is 8.81. The number of carbonyl (C=O) groups excluding carboxylic acids is 2. The molecule has 24 heavy (non-hydrogen) atoms. The molecule has 0 fully saturated rings. The smallest absolute Gasteiger partial charge is 0.256 e. The van der Waals surface area contributed by atoms with Crippen LogP contribution in [0.5, 0.6) is 0 Å². The van der Waals surface area contributed by atoms with E-state index in [1.807, 2.05) is 30.3 Å². The quantitative estimate of drug-likeness (QED) is 0.819. The van der Waals surface area contributed by atoms with Crippen molar-refractivity contribution >= 4 is 29.3 Å². The van der Waals surface area contributed by atoms with Crippen molar-refractivity contribution in [2.75, 3.05) is 5.32 Å². The number of nitrogens with one attached hydrogen (secondary N) is 1. The van der Waals surface area contributed by atoms with Gasteiger partial charge in [-0.25, -0.2) is 0 Å². The fourth-order valence-electron chi connectivity index (χ4n) is 2.45. The van der Waals surface area contributed by atoms with E-state index in [9.17, 15) is 9.59 Å². The summed E-state index contributed by atoms with van der Waals surface area (Å²) in [5.74, 6) is -0.623. The van der Waals surface area contributed by atoms with Crippen molar-refractivity contribution in [1.29, 1.82) is 0 Å². The Balaban J connectivity index is 1.79. The number of primary amides is 1. The number of benzene rings is 2. The van der Waals surface area contributed by atoms with E-state index in [1.165, 1.54) is 11.8 Å². The van der Waals surface area contributed by atoms with Crippen molar-refractivity contribution in [2.24, 2.45) is 5.73 Å². The van der Waals surface area contributed by atoms with E-state index in [4.69, 9.17) is 10.5 Å². The molecule has 3 rings (SSSR count). The molecule has 0 radical (unpaired) electrons. The van der Waals surface area contributed by atoms with Gasteiger partial charge in [-0.05, 0) is 42.3 Å². The minimum absolute atomic E-state index is 0.214. The molecule has 0 saturated heterocycles. The van der Waals surface area contributed by atoms with Crippen molar-refractivity contribution in [3.05, 3.63) is 59.2 Å². The van der Waals surface area contributed by atoms with Gasteiger partial charge in [0.15, 0.2) is 0 Å². The first-order chi connectivity index (χ1) is 11.5. The van der Waals surface area contributed by atoms with Crippen LogP contribution in [0.15, 0.2) is 47.4 Å². The minimum Gasteiger partial charge on any atom is -0.372 e. The van der Waals surface area contributed by atoms with Crippen LogP contribution in [0.3, 0.4) is 0 Å². The number of rotatable bonds is 5. The maximum atomic E-state index is 12.6. The summed E-state index contributed by atoms with van der Waals surface area (Å²) in [6.07, 6.45) is 0. The van der Waals surface area contributed by atoms with Gasteiger partial charge >= 0.3 is 0 Å². The van der Waals surface area contributed by atoms with Crippen molar-refractivity contribution < 1.29 is 14.3 Å². The molecule has 1 unspecified atom stereocenters. The first-order valence-electron chi connectivity index (χ1n) is 7.60. The third kappa shape index (κ3) is 3.60. The molecule has 0 saturated carbocycles. The highest BCUT2D eigenvalue weighted by Crippen LogP contribution is 2.28. The largest absolute Gasteiger partial charge is 0.372 e. The fourth-order valence-corrected chi connectivity index (χ4v) is 3.40. The van der Waals surface area contributed by atoms with Crippen LogP contribution in [0.25, 0.3) is 0 Å². The van der Waals surface area contributed by atoms with E-state index in [-0.39, 0.29) is 5.91 Å². The van der Waals surface area contributed by atoms with Crippen LogP contribution >= 0.6 is 11.8 Å². The average Bonchev–Trinajstić information content (AvgIpc) is 3.02. The molecule has 0 spiro atoms. The Kier molecular flexibility index (Phi) is 4.87. The molecular formula is C18H18N2O3S. The zero-order chi connectivity index (χ0) is 17.1. The summed E-state index contributed by atoms with van der Waals surface area (Å²) >= 11 is 1.28. The van der Waals surface area contributed by atoms with Gasteiger partial charge in [0.1, 0.15) is 0 Å². The predicted octanol–water partition coefficient (Wildman–Crippen LogP) is 2.94. The normalized spacial score (nSPS) is 14.0. The monoisotopic (exact) mass is 342 g/mol. The Morgan fingerprint density at radius 1 is 1.17 bits per heavy atom. The Bertz CT molecular complexity index is 792. The molecule has 5 nitrogen and oxygen atoms in total. The van der Waals surface area contributed by atoms with E-state index in [1.54, 1.807) is 19.1 Å². The number of fused-ring (bicyclic) bond motifs is 1. The third-order valence-corrected chi connectivity index (χ3v) is 5.01. The fraction of sp³-hybridized carbons (Fsp3) is 0.222. The molecule has 1 heterocycles. The van der Waals surface area contributed by atoms with Gasteiger partial charge < -0.3 is 15.8 Å². The van der Waals surface area contributed by atoms with Crippen LogP contribution in [-0.4, -0.2) is 17.1 Å². The van der Waals surface area contributed by atoms with Gasteiger partial charge in [-0.3, -0.25) is 9.59 Å². The second-order valence-electron chi connectivity index (χ2n) is 5.59. The lowest BCUT2D eigenvalue weighted by Gasteiger charge is -2.12. The summed E-state index contributed by atoms with van der Waals surface area (Å²) < 4.78 is 5.38. The molecule has 2 amide bonds. The summed E-state index contributed by atoms with van der Waals surface area (Å²) in [7, 11) is 0. The first kappa shape index (κ1) is 16.5. The van der Waals surface area contributed by atoms with Crippen molar-refractivity contribution in [1.82, 2.24) is 0 Å². The summed E-state index contributed by atoms with van der Waals surface area (Å²) in [6.45, 7) is 2.91. The highest BCUT2D eigenvalue weighted by molar-refractivity contribution is 8.00. The summed E-state index contributed by atoms with van der Waals surface area (Å²) in [4.78, 5) is 24.6. The maximum absolute atomic E-state index is 12.6. The summed E-state index contributed by atoms with van der Waals surface area (Å²) in [5, 5.41) is 2.50. The van der Waals surface area contributed by atoms with Crippen molar-refractivity contribution in [3.63, 3.8) is 0 Å². The number of ether oxygens (including phenoxy) is 1. The Morgan fingerprint density at radius 2 is 1.92 bits per heavy atom. The average molecular weight is 342 g/mol. The number of amides is 2. The van der Waals surface area contributed by atoms with Crippen LogP contribution in [-0.2, 0) is 22.7 Å². The van der Waals surface area contributed by atoms with Crippen LogP contribution < -0.4 is 11.1 Å². The summed E-state index contributed by atoms with van der Waals surface area (Å²) in [6, 6.07) is 12.9. The second-order valence-corrected chi connectivity index (χ2v) is 6.97. The van der Waals surface area contributed by atoms with Gasteiger partial charge in [0.25, 0.3) is 5.91 Å². The molecule has 3 N–H and O–H groups in total. The van der Waals surface area contributed by atoms with E-state index in [0.717, 1.165) is 21.7 Å². The molecular weight excluding hydrogens is 324 g/mol. The number of hydrogen-bond acceptors (Lipinski definition) is 4. The van der Waals surface area contributed by atoms with Gasteiger partial charge in [-0.2, -0.15) is 0 Å². The molecule has 1 aliphatic rings. The van der Waals surface area contributed by atoms with Gasteiger partial charge in [-0.15, -0.1) is 11.8 Å². The van der Waals surface area contributed by atoms with E-state index < -0.39 is 11.2 Å². The number of hydrogen-bond donors (Lipinski definition) is 2. The predicted molar refractivity (Wildman–Crippen MR) is 93.8 cm³/mol. The van der Waals surface area contributed by atoms with Gasteiger partial charge in [0.2, 0.25) is 5.91 Å². The van der Waals surface area contributed by atoms with Crippen molar-refractivity contribution in [3.8, 4) is 0 Å². The highest BCUT2D eigenvalue weighted by atomic mass is 32.2. The topological polar surface area (TPSA) is 81.4 Å². The molecule has 0 aliphatic carbocycles. The van der Waals surface area contributed by atoms with Gasteiger partial charge in [-0.1, -0.05) is 18.2 Å². The minimum atomic E-state index is -0.408. The molecule has 2 aromatic rings. The van der Waals surface area contributed by atoms with Gasteiger partial charge in [0, 0.05) is 10.6 Å². The number of thioether (sulfide) groups is 1. The van der Waals surface area contributed by atoms with Crippen LogP contribution in [0.1, 0.15) is 28.4 Å². The molecule has 6 heteroatoms. The SMILES string of the molecule is CC(Sc1ccccc1C(=O)Nc1ccc2c(c1)COC2)C(N)=O. The Morgan fingerprint density at radius 3 is 2.71 bits per heavy atom. The zero-order valence-corrected chi connectivity index (χ0v) is 14.1. The standard InChI is InChI=1S/C18H18N2O3S/c1-11(17(19)21)24-16-5-3-2-4-15(16)18(22)20-14-7-6-12-9-23-10-13(12)8-14/h2-8,11H,9-10H2,1H3,(H2,19,21)(H,20,22). The lowest BCUT2D eigenvalue weighted by molar-refractivity contribution is -0.117. The number of nitrogens with two attached hydrogens (primary N) is 1. The molecule has 124 valence electrons. The Hall–Kier alpha value is -2.31. The highest BCUT2D eigenvalue weighted by Gasteiger charge is 2.18. The number of carbonyl (C=O) groups is 2. The van der Waals surface area contributed by atoms with Crippen LogP contribution in [0, 0.1) is 0 Å². The molecule has 0 aromatic heterocycles.